The fourth-order valence-corrected chi connectivity index (χ4v) is 5.44. The number of rotatable bonds is 10. The number of hydrogen-bond donors (Lipinski definition) is 3. The Bertz CT molecular complexity index is 1450. The van der Waals surface area contributed by atoms with Gasteiger partial charge < -0.3 is 24.4 Å². The van der Waals surface area contributed by atoms with Gasteiger partial charge in [-0.25, -0.2) is 9.78 Å². The zero-order chi connectivity index (χ0) is 27.5. The van der Waals surface area contributed by atoms with E-state index in [0.717, 1.165) is 5.56 Å². The van der Waals surface area contributed by atoms with Crippen LogP contribution in [0, 0.1) is 0 Å². The summed E-state index contributed by atoms with van der Waals surface area (Å²) < 4.78 is 35.4. The monoisotopic (exact) mass is 540 g/mol. The van der Waals surface area contributed by atoms with E-state index in [9.17, 15) is 23.4 Å². The van der Waals surface area contributed by atoms with E-state index in [2.05, 4.69) is 9.71 Å². The number of anilines is 2. The van der Waals surface area contributed by atoms with Gasteiger partial charge in [0.15, 0.2) is 10.7 Å². The number of aromatic nitrogens is 2. The zero-order valence-electron chi connectivity index (χ0n) is 21.6. The predicted molar refractivity (Wildman–Crippen MR) is 143 cm³/mol. The molecule has 3 N–H and O–H groups in total. The summed E-state index contributed by atoms with van der Waals surface area (Å²) >= 11 is 0. The highest BCUT2D eigenvalue weighted by molar-refractivity contribution is 7.92. The first-order valence-electron chi connectivity index (χ1n) is 12.3. The van der Waals surface area contributed by atoms with Crippen LogP contribution < -0.4 is 9.62 Å². The number of aromatic hydroxyl groups is 1. The summed E-state index contributed by atoms with van der Waals surface area (Å²) in [6.07, 6.45) is 4.68. The molecule has 0 fully saturated rings. The molecule has 10 nitrogen and oxygen atoms in total. The number of aliphatic hydroxyl groups excluding tert-OH is 1. The molecule has 1 aromatic heterocycles. The van der Waals surface area contributed by atoms with E-state index >= 15 is 0 Å². The molecule has 1 atom stereocenters. The number of nitrogens with one attached hydrogen (secondary N) is 1. The largest absolute Gasteiger partial charge is 0.510 e. The summed E-state index contributed by atoms with van der Waals surface area (Å²) in [5.41, 5.74) is 0.933. The molecule has 1 aliphatic rings. The smallest absolute Gasteiger partial charge is 0.359 e. The van der Waals surface area contributed by atoms with Crippen molar-refractivity contribution < 1.29 is 28.2 Å². The molecule has 202 valence electrons. The molecule has 0 saturated carbocycles. The second kappa shape index (κ2) is 10.8. The maximum absolute atomic E-state index is 13.2. The minimum Gasteiger partial charge on any atom is -0.510 e. The van der Waals surface area contributed by atoms with E-state index < -0.39 is 21.6 Å². The van der Waals surface area contributed by atoms with Crippen LogP contribution in [0.3, 0.4) is 0 Å². The molecule has 1 unspecified atom stereocenters. The van der Waals surface area contributed by atoms with Gasteiger partial charge in [-0.15, -0.1) is 0 Å². The number of phenols is 1. The number of imidazole rings is 1. The third kappa shape index (κ3) is 6.10. The minimum atomic E-state index is -3.91. The minimum absolute atomic E-state index is 0.0405. The first kappa shape index (κ1) is 27.1. The van der Waals surface area contributed by atoms with Crippen molar-refractivity contribution in [3.05, 3.63) is 78.1 Å². The zero-order valence-corrected chi connectivity index (χ0v) is 22.4. The number of aryl methyl sites for hydroxylation is 2. The molecule has 38 heavy (non-hydrogen) atoms. The number of sulfonamides is 1. The number of aliphatic hydroxyl groups is 1. The van der Waals surface area contributed by atoms with Crippen LogP contribution >= 0.6 is 0 Å². The van der Waals surface area contributed by atoms with Gasteiger partial charge >= 0.3 is 5.97 Å². The maximum atomic E-state index is 13.2. The van der Waals surface area contributed by atoms with Gasteiger partial charge in [-0.3, -0.25) is 4.72 Å². The molecule has 11 heteroatoms. The lowest BCUT2D eigenvalue weighted by Gasteiger charge is -2.37. The first-order chi connectivity index (χ1) is 18.0. The molecule has 0 saturated heterocycles. The Hall–Kier alpha value is -3.99. The number of ether oxygens (including phenoxy) is 1. The summed E-state index contributed by atoms with van der Waals surface area (Å²) in [6.45, 7) is 4.12. The molecule has 0 spiro atoms. The van der Waals surface area contributed by atoms with E-state index in [-0.39, 0.29) is 34.3 Å². The quantitative estimate of drug-likeness (QED) is 0.325. The van der Waals surface area contributed by atoms with Crippen LogP contribution in [0.1, 0.15) is 38.7 Å². The third-order valence-corrected chi connectivity index (χ3v) is 7.58. The topological polar surface area (TPSA) is 134 Å². The van der Waals surface area contributed by atoms with Crippen LogP contribution in [-0.4, -0.2) is 46.3 Å². The van der Waals surface area contributed by atoms with Crippen molar-refractivity contribution in [2.75, 3.05) is 16.2 Å². The van der Waals surface area contributed by atoms with Crippen molar-refractivity contribution in [3.63, 3.8) is 0 Å². The molecular weight excluding hydrogens is 508 g/mol. The summed E-state index contributed by atoms with van der Waals surface area (Å²) in [4.78, 5) is 18.8. The number of carbonyl (C=O) groups is 1. The second-order valence-corrected chi connectivity index (χ2v) is 11.3. The summed E-state index contributed by atoms with van der Waals surface area (Å²) in [7, 11) is -2.23. The van der Waals surface area contributed by atoms with Crippen molar-refractivity contribution >= 4 is 27.4 Å². The lowest BCUT2D eigenvalue weighted by atomic mass is 9.90. The first-order valence-corrected chi connectivity index (χ1v) is 13.8. The molecule has 0 bridgehead atoms. The van der Waals surface area contributed by atoms with E-state index in [0.29, 0.717) is 31.5 Å². The fourth-order valence-electron chi connectivity index (χ4n) is 4.41. The van der Waals surface area contributed by atoms with Crippen LogP contribution in [0.5, 0.6) is 5.75 Å². The standard InChI is InChI=1S/C27H32N4O6S/c1-4-14-31(21-7-5-6-20(15-21)29-38(35,36)24-17-30(3)18-28-24)25-23(33)16-27(2,37-26(25)34)13-12-19-8-10-22(32)11-9-19/h5-11,15,17-18,29,32-33H,4,12-14,16H2,1-3H3. The highest BCUT2D eigenvalue weighted by Gasteiger charge is 2.40. The number of esters is 1. The normalized spacial score (nSPS) is 17.8. The van der Waals surface area contributed by atoms with Crippen LogP contribution in [-0.2, 0) is 33.0 Å². The van der Waals surface area contributed by atoms with Crippen molar-refractivity contribution in [1.29, 1.82) is 0 Å². The molecule has 0 aliphatic carbocycles. The van der Waals surface area contributed by atoms with E-state index in [1.165, 1.54) is 17.1 Å². The number of hydrogen-bond acceptors (Lipinski definition) is 8. The summed E-state index contributed by atoms with van der Waals surface area (Å²) in [5, 5.41) is 20.4. The lowest BCUT2D eigenvalue weighted by molar-refractivity contribution is -0.157. The van der Waals surface area contributed by atoms with Crippen molar-refractivity contribution in [2.45, 2.75) is 50.2 Å². The van der Waals surface area contributed by atoms with Crippen molar-refractivity contribution in [3.8, 4) is 5.75 Å². The average Bonchev–Trinajstić information content (AvgIpc) is 3.30. The number of phenolic OH excluding ortho intramolecular Hbond substituents is 1. The number of carbonyl (C=O) groups excluding carboxylic acids is 1. The summed E-state index contributed by atoms with van der Waals surface area (Å²) in [5.74, 6) is -0.545. The molecule has 1 aliphatic heterocycles. The molecule has 0 amide bonds. The average molecular weight is 541 g/mol. The number of cyclic esters (lactones) is 1. The Labute approximate surface area is 222 Å². The lowest BCUT2D eigenvalue weighted by Crippen LogP contribution is -2.43. The molecule has 2 heterocycles. The number of nitrogens with zero attached hydrogens (tertiary/aromatic N) is 3. The van der Waals surface area contributed by atoms with E-state index in [1.807, 2.05) is 19.1 Å². The van der Waals surface area contributed by atoms with Crippen LogP contribution in [0.25, 0.3) is 0 Å². The van der Waals surface area contributed by atoms with Gasteiger partial charge in [-0.2, -0.15) is 8.42 Å². The van der Waals surface area contributed by atoms with Gasteiger partial charge in [0.25, 0.3) is 10.0 Å². The molecule has 4 rings (SSSR count). The van der Waals surface area contributed by atoms with E-state index in [1.54, 1.807) is 55.3 Å². The third-order valence-electron chi connectivity index (χ3n) is 6.31. The van der Waals surface area contributed by atoms with Gasteiger partial charge in [-0.05, 0) is 62.1 Å². The Balaban J connectivity index is 1.56. The van der Waals surface area contributed by atoms with Gasteiger partial charge in [0, 0.05) is 31.9 Å². The highest BCUT2D eigenvalue weighted by atomic mass is 32.2. The Kier molecular flexibility index (Phi) is 7.68. The van der Waals surface area contributed by atoms with E-state index in [4.69, 9.17) is 4.74 Å². The Morgan fingerprint density at radius 1 is 1.18 bits per heavy atom. The fraction of sp³-hybridized carbons (Fsp3) is 0.333. The van der Waals surface area contributed by atoms with Crippen LogP contribution in [0.15, 0.2) is 77.5 Å². The molecule has 3 aromatic rings. The van der Waals surface area contributed by atoms with Gasteiger partial charge in [0.1, 0.15) is 17.1 Å². The maximum Gasteiger partial charge on any atom is 0.359 e. The van der Waals surface area contributed by atoms with Crippen molar-refractivity contribution in [2.24, 2.45) is 7.05 Å². The Morgan fingerprint density at radius 3 is 2.55 bits per heavy atom. The molecule has 0 radical (unpaired) electrons. The SMILES string of the molecule is CCCN(C1=C(O)CC(C)(CCc2ccc(O)cc2)OC1=O)c1cccc(NS(=O)(=O)c2cn(C)cn2)c1. The Morgan fingerprint density at radius 2 is 1.92 bits per heavy atom. The predicted octanol–water partition coefficient (Wildman–Crippen LogP) is 4.25. The van der Waals surface area contributed by atoms with Gasteiger partial charge in [-0.1, -0.05) is 25.1 Å². The van der Waals surface area contributed by atoms with Crippen LogP contribution in [0.2, 0.25) is 0 Å². The summed E-state index contributed by atoms with van der Waals surface area (Å²) in [6, 6.07) is 13.4. The van der Waals surface area contributed by atoms with Gasteiger partial charge in [0.2, 0.25) is 0 Å². The van der Waals surface area contributed by atoms with Crippen molar-refractivity contribution in [1.82, 2.24) is 9.55 Å². The molecule has 2 aromatic carbocycles. The highest BCUT2D eigenvalue weighted by Crippen LogP contribution is 2.36. The van der Waals surface area contributed by atoms with Gasteiger partial charge in [0.05, 0.1) is 12.0 Å². The second-order valence-electron chi connectivity index (χ2n) is 9.66. The number of benzene rings is 2. The van der Waals surface area contributed by atoms with Crippen LogP contribution in [0.4, 0.5) is 11.4 Å². The molecular formula is C27H32N4O6S.